The molecule has 2 aromatic carbocycles. The molecule has 0 spiro atoms. The van der Waals surface area contributed by atoms with Crippen LogP contribution in [-0.4, -0.2) is 5.97 Å². The summed E-state index contributed by atoms with van der Waals surface area (Å²) in [6.45, 7) is 2.29. The molecule has 3 nitrogen and oxygen atoms in total. The van der Waals surface area contributed by atoms with E-state index in [4.69, 9.17) is 10.00 Å². The Kier molecular flexibility index (Phi) is 7.63. The number of benzene rings is 2. The molecule has 168 valence electrons. The Bertz CT molecular complexity index is 925. The van der Waals surface area contributed by atoms with Crippen LogP contribution in [0.1, 0.15) is 98.5 Å². The molecule has 0 aromatic heterocycles. The molecule has 0 amide bonds. The fourth-order valence-corrected chi connectivity index (χ4v) is 5.89. The van der Waals surface area contributed by atoms with E-state index < -0.39 is 0 Å². The molecule has 0 N–H and O–H groups in total. The van der Waals surface area contributed by atoms with Crippen LogP contribution in [0.2, 0.25) is 0 Å². The van der Waals surface area contributed by atoms with E-state index in [0.717, 1.165) is 17.8 Å². The molecule has 0 bridgehead atoms. The minimum atomic E-state index is -0.355. The zero-order valence-corrected chi connectivity index (χ0v) is 19.3. The van der Waals surface area contributed by atoms with Gasteiger partial charge in [-0.2, -0.15) is 5.26 Å². The van der Waals surface area contributed by atoms with Crippen molar-refractivity contribution in [3.63, 3.8) is 0 Å². The van der Waals surface area contributed by atoms with Crippen molar-refractivity contribution in [1.82, 2.24) is 0 Å². The van der Waals surface area contributed by atoms with E-state index in [9.17, 15) is 4.79 Å². The molecule has 4 atom stereocenters. The van der Waals surface area contributed by atoms with Crippen molar-refractivity contribution in [2.45, 2.75) is 77.0 Å². The predicted molar refractivity (Wildman–Crippen MR) is 128 cm³/mol. The van der Waals surface area contributed by atoms with E-state index in [0.29, 0.717) is 22.8 Å². The monoisotopic (exact) mass is 429 g/mol. The summed E-state index contributed by atoms with van der Waals surface area (Å²) in [7, 11) is 0. The molecule has 2 saturated carbocycles. The number of hydrogen-bond donors (Lipinski definition) is 0. The highest BCUT2D eigenvalue weighted by Gasteiger charge is 2.35. The van der Waals surface area contributed by atoms with E-state index in [1.807, 2.05) is 12.1 Å². The number of unbranched alkanes of at least 4 members (excludes halogenated alkanes) is 2. The second-order valence-corrected chi connectivity index (χ2v) is 9.85. The summed E-state index contributed by atoms with van der Waals surface area (Å²) in [5.41, 5.74) is 2.48. The SMILES string of the molecule is CCCCCC1CCC2CC(c3ccc(C(=O)Oc4ccc(C#N)cc4)cc3)CCC2C1. The first kappa shape index (κ1) is 22.6. The first-order valence-electron chi connectivity index (χ1n) is 12.5. The summed E-state index contributed by atoms with van der Waals surface area (Å²) in [5.74, 6) is 3.52. The first-order chi connectivity index (χ1) is 15.7. The molecule has 0 radical (unpaired) electrons. The third-order valence-corrected chi connectivity index (χ3v) is 7.75. The summed E-state index contributed by atoms with van der Waals surface area (Å²) < 4.78 is 5.45. The Morgan fingerprint density at radius 3 is 2.38 bits per heavy atom. The minimum Gasteiger partial charge on any atom is -0.423 e. The summed E-state index contributed by atoms with van der Waals surface area (Å²) in [5, 5.41) is 8.88. The van der Waals surface area contributed by atoms with E-state index >= 15 is 0 Å². The Morgan fingerprint density at radius 1 is 0.938 bits per heavy atom. The topological polar surface area (TPSA) is 50.1 Å². The van der Waals surface area contributed by atoms with Crippen LogP contribution in [0.3, 0.4) is 0 Å². The van der Waals surface area contributed by atoms with Gasteiger partial charge in [-0.3, -0.25) is 0 Å². The zero-order chi connectivity index (χ0) is 22.3. The molecule has 3 heteroatoms. The smallest absolute Gasteiger partial charge is 0.343 e. The number of rotatable bonds is 7. The van der Waals surface area contributed by atoms with E-state index in [-0.39, 0.29) is 5.97 Å². The number of ether oxygens (including phenoxy) is 1. The van der Waals surface area contributed by atoms with Crippen LogP contribution in [0.25, 0.3) is 0 Å². The molecule has 2 aliphatic carbocycles. The van der Waals surface area contributed by atoms with Crippen LogP contribution < -0.4 is 4.74 Å². The van der Waals surface area contributed by atoms with Gasteiger partial charge in [0.1, 0.15) is 5.75 Å². The van der Waals surface area contributed by atoms with Crippen LogP contribution in [0, 0.1) is 29.1 Å². The fraction of sp³-hybridized carbons (Fsp3) is 0.517. The number of esters is 1. The van der Waals surface area contributed by atoms with Crippen LogP contribution >= 0.6 is 0 Å². The molecule has 32 heavy (non-hydrogen) atoms. The molecule has 4 unspecified atom stereocenters. The summed E-state index contributed by atoms with van der Waals surface area (Å²) in [6.07, 6.45) is 13.8. The number of carbonyl (C=O) groups is 1. The molecule has 4 rings (SSSR count). The Hall–Kier alpha value is -2.60. The summed E-state index contributed by atoms with van der Waals surface area (Å²) >= 11 is 0. The quantitative estimate of drug-likeness (QED) is 0.258. The number of fused-ring (bicyclic) bond motifs is 1. The lowest BCUT2D eigenvalue weighted by molar-refractivity contribution is 0.0734. The van der Waals surface area contributed by atoms with Crippen LogP contribution in [0.15, 0.2) is 48.5 Å². The van der Waals surface area contributed by atoms with Gasteiger partial charge in [0.2, 0.25) is 0 Å². The van der Waals surface area contributed by atoms with E-state index in [1.165, 1.54) is 69.8 Å². The molecule has 0 saturated heterocycles. The third-order valence-electron chi connectivity index (χ3n) is 7.75. The average molecular weight is 430 g/mol. The Balaban J connectivity index is 1.30. The van der Waals surface area contributed by atoms with Gasteiger partial charge >= 0.3 is 5.97 Å². The van der Waals surface area contributed by atoms with Crippen molar-refractivity contribution in [2.24, 2.45) is 17.8 Å². The normalized spacial score (nSPS) is 24.9. The fourth-order valence-electron chi connectivity index (χ4n) is 5.89. The number of hydrogen-bond acceptors (Lipinski definition) is 3. The van der Waals surface area contributed by atoms with Crippen molar-refractivity contribution in [1.29, 1.82) is 5.26 Å². The van der Waals surface area contributed by atoms with Crippen LogP contribution in [0.5, 0.6) is 5.75 Å². The number of carbonyl (C=O) groups excluding carboxylic acids is 1. The van der Waals surface area contributed by atoms with Crippen LogP contribution in [-0.2, 0) is 0 Å². The third kappa shape index (κ3) is 5.60. The van der Waals surface area contributed by atoms with Crippen LogP contribution in [0.4, 0.5) is 0 Å². The van der Waals surface area contributed by atoms with E-state index in [2.05, 4.69) is 25.1 Å². The maximum absolute atomic E-state index is 12.5. The second-order valence-electron chi connectivity index (χ2n) is 9.85. The van der Waals surface area contributed by atoms with Crippen molar-refractivity contribution >= 4 is 5.97 Å². The minimum absolute atomic E-state index is 0.355. The lowest BCUT2D eigenvalue weighted by atomic mass is 9.63. The predicted octanol–water partition coefficient (Wildman–Crippen LogP) is 7.66. The maximum atomic E-state index is 12.5. The van der Waals surface area contributed by atoms with Crippen molar-refractivity contribution in [3.8, 4) is 11.8 Å². The lowest BCUT2D eigenvalue weighted by Crippen LogP contribution is -2.30. The van der Waals surface area contributed by atoms with Gasteiger partial charge in [0.05, 0.1) is 17.2 Å². The highest BCUT2D eigenvalue weighted by atomic mass is 16.5. The molecule has 2 aliphatic rings. The molecule has 0 aliphatic heterocycles. The van der Waals surface area contributed by atoms with Gasteiger partial charge in [-0.15, -0.1) is 0 Å². The molecule has 2 fully saturated rings. The van der Waals surface area contributed by atoms with Gasteiger partial charge < -0.3 is 4.74 Å². The second kappa shape index (κ2) is 10.8. The van der Waals surface area contributed by atoms with Gasteiger partial charge in [-0.05, 0) is 97.7 Å². The van der Waals surface area contributed by atoms with Crippen molar-refractivity contribution in [3.05, 3.63) is 65.2 Å². The highest BCUT2D eigenvalue weighted by Crippen LogP contribution is 2.48. The number of nitrogens with zero attached hydrogens (tertiary/aromatic N) is 1. The number of nitriles is 1. The molecular formula is C29H35NO2. The average Bonchev–Trinajstić information content (AvgIpc) is 2.84. The largest absolute Gasteiger partial charge is 0.423 e. The first-order valence-corrected chi connectivity index (χ1v) is 12.5. The summed E-state index contributed by atoms with van der Waals surface area (Å²) in [6, 6.07) is 16.7. The van der Waals surface area contributed by atoms with Gasteiger partial charge in [0.15, 0.2) is 0 Å². The lowest BCUT2D eigenvalue weighted by Gasteiger charge is -2.42. The van der Waals surface area contributed by atoms with Crippen molar-refractivity contribution < 1.29 is 9.53 Å². The molecule has 2 aromatic rings. The standard InChI is InChI=1S/C29H35NO2/c1-2-3-4-5-21-6-9-27-19-26(15-14-25(27)18-21)23-10-12-24(13-11-23)29(31)32-28-16-7-22(20-30)8-17-28/h7-8,10-13,16-17,21,25-27H,2-6,9,14-15,18-19H2,1H3. The van der Waals surface area contributed by atoms with Gasteiger partial charge in [0.25, 0.3) is 0 Å². The van der Waals surface area contributed by atoms with Crippen molar-refractivity contribution in [2.75, 3.05) is 0 Å². The maximum Gasteiger partial charge on any atom is 0.343 e. The van der Waals surface area contributed by atoms with Gasteiger partial charge in [-0.25, -0.2) is 4.79 Å². The zero-order valence-electron chi connectivity index (χ0n) is 19.3. The molecule has 0 heterocycles. The van der Waals surface area contributed by atoms with E-state index in [1.54, 1.807) is 24.3 Å². The van der Waals surface area contributed by atoms with Gasteiger partial charge in [-0.1, -0.05) is 51.2 Å². The molecular weight excluding hydrogens is 394 g/mol. The highest BCUT2D eigenvalue weighted by molar-refractivity contribution is 5.91. The van der Waals surface area contributed by atoms with Gasteiger partial charge in [0, 0.05) is 0 Å². The summed E-state index contributed by atoms with van der Waals surface area (Å²) in [4.78, 5) is 12.5. The Morgan fingerprint density at radius 2 is 1.66 bits per heavy atom. The Labute approximate surface area is 192 Å².